The number of hydrogen-bond donors (Lipinski definition) is 1. The molecule has 0 saturated carbocycles. The summed E-state index contributed by atoms with van der Waals surface area (Å²) in [6.07, 6.45) is 3.91. The monoisotopic (exact) mass is 309 g/mol. The first-order valence-corrected chi connectivity index (χ1v) is 8.97. The molecule has 0 bridgehead atoms. The fourth-order valence-corrected chi connectivity index (χ4v) is 4.17. The number of nitrogens with one attached hydrogen (secondary N) is 1. The van der Waals surface area contributed by atoms with Gasteiger partial charge in [-0.05, 0) is 60.9 Å². The molecule has 1 aromatic carbocycles. The van der Waals surface area contributed by atoms with Crippen LogP contribution in [0.25, 0.3) is 0 Å². The molecule has 1 aromatic rings. The molecule has 1 fully saturated rings. The molecule has 1 saturated heterocycles. The molecular formula is C17H27NO2S. The lowest BCUT2D eigenvalue weighted by molar-refractivity contribution is 0.350. The van der Waals surface area contributed by atoms with Gasteiger partial charge in [0.15, 0.2) is 11.5 Å². The second-order valence-corrected chi connectivity index (χ2v) is 6.74. The van der Waals surface area contributed by atoms with Gasteiger partial charge in [-0.2, -0.15) is 11.8 Å². The average molecular weight is 309 g/mol. The van der Waals surface area contributed by atoms with Gasteiger partial charge < -0.3 is 14.8 Å². The Bertz CT molecular complexity index is 433. The van der Waals surface area contributed by atoms with Crippen molar-refractivity contribution in [3.05, 3.63) is 23.8 Å². The van der Waals surface area contributed by atoms with Crippen LogP contribution in [0.3, 0.4) is 0 Å². The zero-order chi connectivity index (χ0) is 15.1. The van der Waals surface area contributed by atoms with Gasteiger partial charge in [-0.15, -0.1) is 0 Å². The summed E-state index contributed by atoms with van der Waals surface area (Å²) in [5.41, 5.74) is 1.30. The van der Waals surface area contributed by atoms with Crippen molar-refractivity contribution >= 4 is 11.8 Å². The molecule has 3 nitrogen and oxygen atoms in total. The predicted octanol–water partition coefficient (Wildman–Crippen LogP) is 3.89. The van der Waals surface area contributed by atoms with Crippen molar-refractivity contribution in [2.45, 2.75) is 32.2 Å². The van der Waals surface area contributed by atoms with Crippen LogP contribution in [-0.4, -0.2) is 32.3 Å². The number of rotatable bonds is 7. The highest BCUT2D eigenvalue weighted by atomic mass is 32.2. The van der Waals surface area contributed by atoms with Gasteiger partial charge in [-0.25, -0.2) is 0 Å². The molecule has 1 aliphatic heterocycles. The van der Waals surface area contributed by atoms with Crippen LogP contribution in [-0.2, 0) is 0 Å². The van der Waals surface area contributed by atoms with E-state index in [1.165, 1.54) is 36.3 Å². The van der Waals surface area contributed by atoms with Crippen molar-refractivity contribution in [3.63, 3.8) is 0 Å². The van der Waals surface area contributed by atoms with Crippen LogP contribution in [0.5, 0.6) is 11.5 Å². The van der Waals surface area contributed by atoms with E-state index < -0.39 is 0 Å². The van der Waals surface area contributed by atoms with E-state index in [-0.39, 0.29) is 0 Å². The van der Waals surface area contributed by atoms with Gasteiger partial charge >= 0.3 is 0 Å². The molecule has 0 amide bonds. The van der Waals surface area contributed by atoms with Crippen molar-refractivity contribution in [1.29, 1.82) is 0 Å². The Morgan fingerprint density at radius 3 is 2.52 bits per heavy atom. The molecule has 0 radical (unpaired) electrons. The summed E-state index contributed by atoms with van der Waals surface area (Å²) in [6, 6.07) is 6.69. The number of methoxy groups -OCH3 is 2. The summed E-state index contributed by atoms with van der Waals surface area (Å²) in [4.78, 5) is 0. The molecule has 1 N–H and O–H groups in total. The van der Waals surface area contributed by atoms with Gasteiger partial charge in [0.05, 0.1) is 14.2 Å². The Kier molecular flexibility index (Phi) is 6.71. The second-order valence-electron chi connectivity index (χ2n) is 5.52. The smallest absolute Gasteiger partial charge is 0.161 e. The Labute approximate surface area is 132 Å². The normalized spacial score (nSPS) is 17.5. The maximum atomic E-state index is 5.44. The Balaban J connectivity index is 2.12. The average Bonchev–Trinajstić information content (AvgIpc) is 2.54. The van der Waals surface area contributed by atoms with Crippen LogP contribution >= 0.6 is 11.8 Å². The first-order chi connectivity index (χ1) is 10.3. The van der Waals surface area contributed by atoms with Crippen molar-refractivity contribution in [3.8, 4) is 11.5 Å². The summed E-state index contributed by atoms with van der Waals surface area (Å²) < 4.78 is 10.8. The first-order valence-electron chi connectivity index (χ1n) is 7.81. The molecular weight excluding hydrogens is 282 g/mol. The summed E-state index contributed by atoms with van der Waals surface area (Å²) in [7, 11) is 3.38. The number of thioether (sulfide) groups is 1. The summed E-state index contributed by atoms with van der Waals surface area (Å²) in [5, 5.41) is 3.63. The van der Waals surface area contributed by atoms with Crippen LogP contribution in [0.4, 0.5) is 0 Å². The SMILES string of the molecule is CCNC(CC1CCSCC1)c1ccc(OC)c(OC)c1. The van der Waals surface area contributed by atoms with E-state index in [0.29, 0.717) is 6.04 Å². The topological polar surface area (TPSA) is 30.5 Å². The van der Waals surface area contributed by atoms with Gasteiger partial charge in [-0.1, -0.05) is 13.0 Å². The fraction of sp³-hybridized carbons (Fsp3) is 0.647. The lowest BCUT2D eigenvalue weighted by Gasteiger charge is -2.27. The molecule has 1 heterocycles. The maximum absolute atomic E-state index is 5.44. The molecule has 1 unspecified atom stereocenters. The molecule has 4 heteroatoms. The quantitative estimate of drug-likeness (QED) is 0.828. The molecule has 0 spiro atoms. The summed E-state index contributed by atoms with van der Waals surface area (Å²) in [6.45, 7) is 3.16. The minimum atomic E-state index is 0.405. The van der Waals surface area contributed by atoms with Gasteiger partial charge in [-0.3, -0.25) is 0 Å². The lowest BCUT2D eigenvalue weighted by Crippen LogP contribution is -2.25. The third kappa shape index (κ3) is 4.55. The van der Waals surface area contributed by atoms with Crippen molar-refractivity contribution in [1.82, 2.24) is 5.32 Å². The van der Waals surface area contributed by atoms with Crippen LogP contribution in [0.2, 0.25) is 0 Å². The van der Waals surface area contributed by atoms with Gasteiger partial charge in [0.1, 0.15) is 0 Å². The van der Waals surface area contributed by atoms with E-state index in [1.54, 1.807) is 14.2 Å². The highest BCUT2D eigenvalue weighted by molar-refractivity contribution is 7.99. The maximum Gasteiger partial charge on any atom is 0.161 e. The van der Waals surface area contributed by atoms with E-state index in [2.05, 4.69) is 36.1 Å². The standard InChI is InChI=1S/C17H27NO2S/c1-4-18-15(11-13-7-9-21-10-8-13)14-5-6-16(19-2)17(12-14)20-3/h5-6,12-13,15,18H,4,7-11H2,1-3H3. The fourth-order valence-electron chi connectivity index (χ4n) is 2.97. The third-order valence-electron chi connectivity index (χ3n) is 4.17. The minimum absolute atomic E-state index is 0.405. The summed E-state index contributed by atoms with van der Waals surface area (Å²) >= 11 is 2.09. The molecule has 2 rings (SSSR count). The molecule has 118 valence electrons. The Hall–Kier alpha value is -0.870. The number of ether oxygens (including phenoxy) is 2. The largest absolute Gasteiger partial charge is 0.493 e. The highest BCUT2D eigenvalue weighted by Crippen LogP contribution is 2.34. The Morgan fingerprint density at radius 2 is 1.90 bits per heavy atom. The van der Waals surface area contributed by atoms with Crippen molar-refractivity contribution < 1.29 is 9.47 Å². The van der Waals surface area contributed by atoms with E-state index in [4.69, 9.17) is 9.47 Å². The highest BCUT2D eigenvalue weighted by Gasteiger charge is 2.21. The number of hydrogen-bond acceptors (Lipinski definition) is 4. The molecule has 1 atom stereocenters. The zero-order valence-corrected chi connectivity index (χ0v) is 14.2. The molecule has 0 aromatic heterocycles. The molecule has 0 aliphatic carbocycles. The predicted molar refractivity (Wildman–Crippen MR) is 90.6 cm³/mol. The van der Waals surface area contributed by atoms with Crippen LogP contribution in [0.15, 0.2) is 18.2 Å². The lowest BCUT2D eigenvalue weighted by atomic mass is 9.90. The van der Waals surface area contributed by atoms with Gasteiger partial charge in [0, 0.05) is 6.04 Å². The van der Waals surface area contributed by atoms with E-state index >= 15 is 0 Å². The Morgan fingerprint density at radius 1 is 1.19 bits per heavy atom. The number of benzene rings is 1. The van der Waals surface area contributed by atoms with Crippen LogP contribution < -0.4 is 14.8 Å². The van der Waals surface area contributed by atoms with E-state index in [0.717, 1.165) is 24.0 Å². The summed E-state index contributed by atoms with van der Waals surface area (Å²) in [5.74, 6) is 5.08. The van der Waals surface area contributed by atoms with Crippen molar-refractivity contribution in [2.24, 2.45) is 5.92 Å². The van der Waals surface area contributed by atoms with E-state index in [1.807, 2.05) is 6.07 Å². The van der Waals surface area contributed by atoms with Crippen molar-refractivity contribution in [2.75, 3.05) is 32.3 Å². The van der Waals surface area contributed by atoms with Gasteiger partial charge in [0.25, 0.3) is 0 Å². The zero-order valence-electron chi connectivity index (χ0n) is 13.4. The van der Waals surface area contributed by atoms with E-state index in [9.17, 15) is 0 Å². The second kappa shape index (κ2) is 8.54. The van der Waals surface area contributed by atoms with Crippen LogP contribution in [0.1, 0.15) is 37.8 Å². The minimum Gasteiger partial charge on any atom is -0.493 e. The molecule has 1 aliphatic rings. The van der Waals surface area contributed by atoms with Gasteiger partial charge in [0.2, 0.25) is 0 Å². The first kappa shape index (κ1) is 16.5. The third-order valence-corrected chi connectivity index (χ3v) is 5.22. The molecule has 21 heavy (non-hydrogen) atoms. The van der Waals surface area contributed by atoms with Crippen LogP contribution in [0, 0.1) is 5.92 Å².